The third kappa shape index (κ3) is 2.56. The minimum Gasteiger partial charge on any atom is -0.194 e. The number of benzene rings is 1. The maximum absolute atomic E-state index is 14.6. The second-order valence-electron chi connectivity index (χ2n) is 6.25. The third-order valence-electron chi connectivity index (χ3n) is 4.59. The standard InChI is InChI=1S/C19H12F8/c1-11-7-8-14(18(24,25)16(11,20)21)15-10-9-13(12-5-3-2-4-6-12)17(22,23)19(15,26)27/h2-10H,1H3. The maximum atomic E-state index is 14.6. The van der Waals surface area contributed by atoms with Gasteiger partial charge in [-0.1, -0.05) is 54.6 Å². The maximum Gasteiger partial charge on any atom is 0.340 e. The van der Waals surface area contributed by atoms with Crippen LogP contribution in [0, 0.1) is 0 Å². The molecule has 0 heterocycles. The van der Waals surface area contributed by atoms with E-state index in [1.165, 1.54) is 18.2 Å². The van der Waals surface area contributed by atoms with E-state index in [1.54, 1.807) is 0 Å². The van der Waals surface area contributed by atoms with Gasteiger partial charge < -0.3 is 0 Å². The first kappa shape index (κ1) is 19.4. The molecule has 0 saturated heterocycles. The summed E-state index contributed by atoms with van der Waals surface area (Å²) in [7, 11) is 0. The molecule has 1 aromatic carbocycles. The first-order valence-corrected chi connectivity index (χ1v) is 7.74. The Bertz CT molecular complexity index is 886. The number of hydrogen-bond acceptors (Lipinski definition) is 0. The van der Waals surface area contributed by atoms with Crippen molar-refractivity contribution in [3.8, 4) is 0 Å². The number of alkyl halides is 8. The molecule has 27 heavy (non-hydrogen) atoms. The highest BCUT2D eigenvalue weighted by Gasteiger charge is 2.68. The lowest BCUT2D eigenvalue weighted by atomic mass is 9.78. The van der Waals surface area contributed by atoms with Gasteiger partial charge >= 0.3 is 23.7 Å². The molecule has 0 nitrogen and oxygen atoms in total. The Labute approximate surface area is 149 Å². The van der Waals surface area contributed by atoms with E-state index in [2.05, 4.69) is 0 Å². The summed E-state index contributed by atoms with van der Waals surface area (Å²) in [5.41, 5.74) is -6.03. The Morgan fingerprint density at radius 1 is 0.519 bits per heavy atom. The lowest BCUT2D eigenvalue weighted by Crippen LogP contribution is -2.51. The van der Waals surface area contributed by atoms with Crippen molar-refractivity contribution in [3.63, 3.8) is 0 Å². The van der Waals surface area contributed by atoms with Crippen LogP contribution in [0.4, 0.5) is 35.1 Å². The number of halogens is 8. The van der Waals surface area contributed by atoms with Gasteiger partial charge in [0.05, 0.1) is 0 Å². The van der Waals surface area contributed by atoms with Gasteiger partial charge in [0.15, 0.2) is 0 Å². The monoisotopic (exact) mass is 392 g/mol. The van der Waals surface area contributed by atoms with Gasteiger partial charge in [-0.3, -0.25) is 0 Å². The highest BCUT2D eigenvalue weighted by Crippen LogP contribution is 2.57. The Morgan fingerprint density at radius 3 is 1.48 bits per heavy atom. The van der Waals surface area contributed by atoms with Crippen molar-refractivity contribution in [2.75, 3.05) is 0 Å². The molecule has 2 aliphatic carbocycles. The molecule has 0 fully saturated rings. The van der Waals surface area contributed by atoms with Crippen LogP contribution in [0.1, 0.15) is 12.5 Å². The third-order valence-corrected chi connectivity index (χ3v) is 4.59. The van der Waals surface area contributed by atoms with Crippen LogP contribution in [-0.4, -0.2) is 23.7 Å². The molecule has 0 saturated carbocycles. The zero-order chi connectivity index (χ0) is 20.3. The first-order valence-electron chi connectivity index (χ1n) is 7.74. The van der Waals surface area contributed by atoms with E-state index in [4.69, 9.17) is 0 Å². The van der Waals surface area contributed by atoms with E-state index >= 15 is 0 Å². The zero-order valence-corrected chi connectivity index (χ0v) is 13.7. The van der Waals surface area contributed by atoms with Crippen molar-refractivity contribution in [2.45, 2.75) is 30.6 Å². The summed E-state index contributed by atoms with van der Waals surface area (Å²) in [5, 5.41) is 0. The summed E-state index contributed by atoms with van der Waals surface area (Å²) in [6, 6.07) is 6.48. The molecule has 0 N–H and O–H groups in total. The molecule has 0 amide bonds. The van der Waals surface area contributed by atoms with Gasteiger partial charge in [-0.25, -0.2) is 0 Å². The van der Waals surface area contributed by atoms with Gasteiger partial charge in [0.2, 0.25) is 0 Å². The normalized spacial score (nSPS) is 25.1. The minimum absolute atomic E-state index is 0.233. The van der Waals surface area contributed by atoms with E-state index in [9.17, 15) is 35.1 Å². The van der Waals surface area contributed by atoms with Crippen molar-refractivity contribution in [3.05, 3.63) is 76.9 Å². The van der Waals surface area contributed by atoms with Gasteiger partial charge in [-0.2, -0.15) is 35.1 Å². The lowest BCUT2D eigenvalue weighted by Gasteiger charge is -2.38. The molecule has 0 aromatic heterocycles. The van der Waals surface area contributed by atoms with Crippen molar-refractivity contribution >= 4 is 5.57 Å². The number of allylic oxidation sites excluding steroid dienone is 8. The van der Waals surface area contributed by atoms with E-state index in [0.717, 1.165) is 12.1 Å². The summed E-state index contributed by atoms with van der Waals surface area (Å²) in [6.45, 7) is 0.705. The van der Waals surface area contributed by atoms with Crippen LogP contribution in [0.15, 0.2) is 71.4 Å². The molecule has 0 radical (unpaired) electrons. The zero-order valence-electron chi connectivity index (χ0n) is 13.7. The van der Waals surface area contributed by atoms with E-state index in [1.807, 2.05) is 0 Å². The minimum atomic E-state index is -5.11. The SMILES string of the molecule is CC1=CC=C(C2=CC=C(c3ccccc3)C(F)(F)C2(F)F)C(F)(F)C1(F)F. The molecule has 0 spiro atoms. The van der Waals surface area contributed by atoms with Gasteiger partial charge in [0.1, 0.15) is 0 Å². The molecule has 0 unspecified atom stereocenters. The summed E-state index contributed by atoms with van der Waals surface area (Å²) in [5.74, 6) is -19.8. The Hall–Kier alpha value is -2.38. The van der Waals surface area contributed by atoms with E-state index in [0.29, 0.717) is 31.2 Å². The Kier molecular flexibility index (Phi) is 4.17. The van der Waals surface area contributed by atoms with Crippen LogP contribution in [0.3, 0.4) is 0 Å². The van der Waals surface area contributed by atoms with Crippen molar-refractivity contribution in [1.29, 1.82) is 0 Å². The molecule has 0 atom stereocenters. The van der Waals surface area contributed by atoms with E-state index < -0.39 is 46.0 Å². The van der Waals surface area contributed by atoms with Crippen molar-refractivity contribution in [2.24, 2.45) is 0 Å². The number of hydrogen-bond donors (Lipinski definition) is 0. The fraction of sp³-hybridized carbons (Fsp3) is 0.263. The summed E-state index contributed by atoms with van der Waals surface area (Å²) >= 11 is 0. The van der Waals surface area contributed by atoms with Crippen LogP contribution in [0.5, 0.6) is 0 Å². The molecule has 1 aromatic rings. The van der Waals surface area contributed by atoms with Crippen LogP contribution in [0.25, 0.3) is 5.57 Å². The highest BCUT2D eigenvalue weighted by molar-refractivity contribution is 5.77. The van der Waals surface area contributed by atoms with Gasteiger partial charge in [-0.15, -0.1) is 0 Å². The average Bonchev–Trinajstić information content (AvgIpc) is 2.58. The molecule has 2 aliphatic rings. The average molecular weight is 392 g/mol. The van der Waals surface area contributed by atoms with Gasteiger partial charge in [0, 0.05) is 22.3 Å². The molecule has 0 aliphatic heterocycles. The van der Waals surface area contributed by atoms with Crippen LogP contribution >= 0.6 is 0 Å². The summed E-state index contributed by atoms with van der Waals surface area (Å²) in [4.78, 5) is 0. The Morgan fingerprint density at radius 2 is 0.926 bits per heavy atom. The van der Waals surface area contributed by atoms with Crippen LogP contribution < -0.4 is 0 Å². The quantitative estimate of drug-likeness (QED) is 0.509. The smallest absolute Gasteiger partial charge is 0.194 e. The summed E-state index contributed by atoms with van der Waals surface area (Å²) < 4.78 is 114. The van der Waals surface area contributed by atoms with Gasteiger partial charge in [0.25, 0.3) is 0 Å². The molecule has 0 bridgehead atoms. The second-order valence-corrected chi connectivity index (χ2v) is 6.25. The Balaban J connectivity index is 2.20. The molecular formula is C19H12F8. The molecule has 8 heteroatoms. The van der Waals surface area contributed by atoms with Crippen molar-refractivity contribution < 1.29 is 35.1 Å². The van der Waals surface area contributed by atoms with E-state index in [-0.39, 0.29) is 5.56 Å². The fourth-order valence-corrected chi connectivity index (χ4v) is 2.96. The highest BCUT2D eigenvalue weighted by atomic mass is 19.3. The number of rotatable bonds is 2. The predicted octanol–water partition coefficient (Wildman–Crippen LogP) is 6.44. The summed E-state index contributed by atoms with van der Waals surface area (Å²) in [6.07, 6.45) is 1.77. The second kappa shape index (κ2) is 5.81. The van der Waals surface area contributed by atoms with Crippen molar-refractivity contribution in [1.82, 2.24) is 0 Å². The van der Waals surface area contributed by atoms with Crippen LogP contribution in [0.2, 0.25) is 0 Å². The first-order chi connectivity index (χ1) is 12.3. The fourth-order valence-electron chi connectivity index (χ4n) is 2.96. The van der Waals surface area contributed by atoms with Gasteiger partial charge in [-0.05, 0) is 12.5 Å². The predicted molar refractivity (Wildman–Crippen MR) is 84.1 cm³/mol. The molecule has 144 valence electrons. The largest absolute Gasteiger partial charge is 0.340 e. The van der Waals surface area contributed by atoms with Crippen LogP contribution in [-0.2, 0) is 0 Å². The topological polar surface area (TPSA) is 0 Å². The molecule has 3 rings (SSSR count). The molecular weight excluding hydrogens is 380 g/mol. The lowest BCUT2D eigenvalue weighted by molar-refractivity contribution is -0.174.